The molecule has 1 N–H and O–H groups in total. The highest BCUT2D eigenvalue weighted by molar-refractivity contribution is 6.00. The molecule has 0 aromatic heterocycles. The maximum absolute atomic E-state index is 14.4. The Kier molecular flexibility index (Phi) is 3.98. The Labute approximate surface area is 192 Å². The molecule has 3 saturated carbocycles. The number of ether oxygens (including phenoxy) is 3. The van der Waals surface area contributed by atoms with Crippen molar-refractivity contribution in [1.29, 1.82) is 0 Å². The summed E-state index contributed by atoms with van der Waals surface area (Å²) in [6, 6.07) is 5.18. The number of benzene rings is 1. The van der Waals surface area contributed by atoms with Crippen molar-refractivity contribution in [1.82, 2.24) is 0 Å². The van der Waals surface area contributed by atoms with Crippen molar-refractivity contribution in [3.8, 4) is 5.75 Å². The second-order valence-corrected chi connectivity index (χ2v) is 10.5. The van der Waals surface area contributed by atoms with Gasteiger partial charge in [0.05, 0.1) is 45.5 Å². The fourth-order valence-corrected chi connectivity index (χ4v) is 9.20. The van der Waals surface area contributed by atoms with Crippen LogP contribution < -0.4 is 9.64 Å². The van der Waals surface area contributed by atoms with Gasteiger partial charge in [-0.15, -0.1) is 0 Å². The number of quaternary nitrogens is 1. The van der Waals surface area contributed by atoms with Crippen LogP contribution in [0.5, 0.6) is 5.75 Å². The summed E-state index contributed by atoms with van der Waals surface area (Å²) < 4.78 is 15.8. The lowest BCUT2D eigenvalue weighted by Crippen LogP contribution is -2.87. The van der Waals surface area contributed by atoms with E-state index >= 15 is 0 Å². The topological polar surface area (TPSA) is 108 Å². The smallest absolute Gasteiger partial charge is 0.414 e. The first-order chi connectivity index (χ1) is 15.7. The minimum atomic E-state index is -1.98. The Morgan fingerprint density at radius 1 is 1.12 bits per heavy atom. The second kappa shape index (κ2) is 6.20. The Balaban J connectivity index is 1.77. The van der Waals surface area contributed by atoms with Crippen LogP contribution in [0.4, 0.5) is 10.5 Å². The molecular weight excluding hydrogens is 428 g/mol. The van der Waals surface area contributed by atoms with Crippen molar-refractivity contribution in [2.24, 2.45) is 5.41 Å². The highest BCUT2D eigenvalue weighted by Crippen LogP contribution is 2.78. The molecule has 2 bridgehead atoms. The van der Waals surface area contributed by atoms with Crippen molar-refractivity contribution in [2.75, 3.05) is 39.3 Å². The van der Waals surface area contributed by atoms with Crippen LogP contribution in [-0.4, -0.2) is 73.4 Å². The van der Waals surface area contributed by atoms with E-state index in [1.54, 1.807) is 6.07 Å². The molecule has 7 rings (SSSR count). The van der Waals surface area contributed by atoms with Gasteiger partial charge in [-0.3, -0.25) is 4.90 Å². The Bertz CT molecular complexity index is 1080. The molecule has 1 amide bonds. The Morgan fingerprint density at radius 2 is 1.91 bits per heavy atom. The first-order valence-corrected chi connectivity index (χ1v) is 11.7. The van der Waals surface area contributed by atoms with Crippen LogP contribution in [0, 0.1) is 10.6 Å². The number of amides is 1. The fourth-order valence-electron chi connectivity index (χ4n) is 9.20. The maximum atomic E-state index is 14.4. The molecule has 9 nitrogen and oxygen atoms in total. The van der Waals surface area contributed by atoms with Crippen molar-refractivity contribution in [3.63, 3.8) is 0 Å². The minimum Gasteiger partial charge on any atom is -0.633 e. The summed E-state index contributed by atoms with van der Waals surface area (Å²) in [7, 11) is 4.07. The number of methoxy groups -OCH3 is 3. The van der Waals surface area contributed by atoms with Gasteiger partial charge in [0, 0.05) is 18.3 Å². The first kappa shape index (κ1) is 21.2. The normalized spacial score (nSPS) is 44.0. The molecule has 6 aliphatic rings. The molecule has 9 heteroatoms. The van der Waals surface area contributed by atoms with Gasteiger partial charge in [-0.25, -0.2) is 9.59 Å². The van der Waals surface area contributed by atoms with E-state index in [1.165, 1.54) is 26.2 Å². The molecule has 1 aromatic carbocycles. The summed E-state index contributed by atoms with van der Waals surface area (Å²) in [6.45, 7) is 0.898. The number of hydrogen-bond donors (Lipinski definition) is 1. The number of piperidine rings is 1. The predicted octanol–water partition coefficient (Wildman–Crippen LogP) is 2.23. The third kappa shape index (κ3) is 1.95. The number of carbonyl (C=O) groups excluding carboxylic acids is 2. The highest BCUT2D eigenvalue weighted by atomic mass is 16.6. The summed E-state index contributed by atoms with van der Waals surface area (Å²) in [4.78, 5) is 28.4. The zero-order valence-corrected chi connectivity index (χ0v) is 19.3. The number of esters is 1. The van der Waals surface area contributed by atoms with E-state index in [9.17, 15) is 19.9 Å². The van der Waals surface area contributed by atoms with Gasteiger partial charge in [0.1, 0.15) is 17.3 Å². The van der Waals surface area contributed by atoms with E-state index in [0.717, 1.165) is 18.4 Å². The molecule has 3 spiro atoms. The lowest BCUT2D eigenvalue weighted by Gasteiger charge is -2.72. The van der Waals surface area contributed by atoms with Crippen LogP contribution in [-0.2, 0) is 19.7 Å². The molecule has 3 aliphatic heterocycles. The second-order valence-electron chi connectivity index (χ2n) is 10.5. The molecule has 1 aromatic rings. The quantitative estimate of drug-likeness (QED) is 0.411. The molecule has 3 aliphatic carbocycles. The lowest BCUT2D eigenvalue weighted by atomic mass is 9.37. The number of hydrogen-bond acceptors (Lipinski definition) is 7. The van der Waals surface area contributed by atoms with Crippen LogP contribution in [0.15, 0.2) is 18.2 Å². The largest absolute Gasteiger partial charge is 0.633 e. The molecule has 2 saturated heterocycles. The van der Waals surface area contributed by atoms with Crippen LogP contribution in [0.1, 0.15) is 44.1 Å². The predicted molar refractivity (Wildman–Crippen MR) is 117 cm³/mol. The van der Waals surface area contributed by atoms with Crippen molar-refractivity contribution >= 4 is 17.7 Å². The maximum Gasteiger partial charge on any atom is 0.414 e. The zero-order valence-electron chi connectivity index (χ0n) is 19.3. The van der Waals surface area contributed by atoms with E-state index in [0.29, 0.717) is 43.8 Å². The number of carbonyl (C=O) groups is 2. The van der Waals surface area contributed by atoms with E-state index < -0.39 is 34.0 Å². The molecule has 1 unspecified atom stereocenters. The van der Waals surface area contributed by atoms with Crippen molar-refractivity contribution in [3.05, 3.63) is 29.0 Å². The van der Waals surface area contributed by atoms with Crippen LogP contribution in [0.2, 0.25) is 0 Å². The monoisotopic (exact) mass is 458 g/mol. The van der Waals surface area contributed by atoms with Gasteiger partial charge in [0.25, 0.3) is 0 Å². The van der Waals surface area contributed by atoms with Crippen LogP contribution in [0.3, 0.4) is 0 Å². The van der Waals surface area contributed by atoms with E-state index in [4.69, 9.17) is 14.2 Å². The molecule has 3 heterocycles. The Hall–Kier alpha value is -2.36. The number of para-hydroxylation sites is 1. The standard InChI is InChI=1S/C24H30N2O7/c1-31-16-7-4-6-15-17(16)25(20(28)33-3)24-10-9-21(14-23(24,29)19(27)32-2)8-5-12-26(30)13-11-22(15,24)18(21)26/h4,6-7,18,29H,5,8-14H2,1-3H3/t18-,21+,22+,23+,24-,26?/m0/s1. The lowest BCUT2D eigenvalue weighted by molar-refractivity contribution is -0.912. The number of rotatable bonds is 2. The van der Waals surface area contributed by atoms with Crippen LogP contribution in [0.25, 0.3) is 0 Å². The Morgan fingerprint density at radius 3 is 2.61 bits per heavy atom. The van der Waals surface area contributed by atoms with Gasteiger partial charge in [-0.2, -0.15) is 0 Å². The molecule has 0 radical (unpaired) electrons. The SMILES string of the molecule is COC(=O)N1c2c(OC)cccc2[C@@]23CC[N+]4([O-])CCC[C@]5(CC[C@]12[C@](O)(C(=O)OC)C5)[C@@H]34. The number of anilines is 1. The summed E-state index contributed by atoms with van der Waals surface area (Å²) in [5, 5.41) is 26.8. The molecular formula is C24H30N2O7. The van der Waals surface area contributed by atoms with Gasteiger partial charge >= 0.3 is 12.1 Å². The number of hydroxylamine groups is 3. The number of aliphatic hydroxyl groups is 1. The molecule has 33 heavy (non-hydrogen) atoms. The van der Waals surface area contributed by atoms with Gasteiger partial charge < -0.3 is 29.2 Å². The number of fused-ring (bicyclic) bond motifs is 3. The van der Waals surface area contributed by atoms with E-state index in [2.05, 4.69) is 0 Å². The average molecular weight is 459 g/mol. The zero-order chi connectivity index (χ0) is 23.4. The van der Waals surface area contributed by atoms with Crippen LogP contribution >= 0.6 is 0 Å². The first-order valence-electron chi connectivity index (χ1n) is 11.7. The van der Waals surface area contributed by atoms with Crippen molar-refractivity contribution in [2.45, 2.75) is 61.1 Å². The summed E-state index contributed by atoms with van der Waals surface area (Å²) in [6.07, 6.45) is 2.45. The summed E-state index contributed by atoms with van der Waals surface area (Å²) in [5.74, 6) is -0.311. The average Bonchev–Trinajstić information content (AvgIpc) is 3.29. The minimum absolute atomic E-state index is 0.102. The third-order valence-corrected chi connectivity index (χ3v) is 9.81. The van der Waals surface area contributed by atoms with Gasteiger partial charge in [0.2, 0.25) is 0 Å². The van der Waals surface area contributed by atoms with Gasteiger partial charge in [-0.05, 0) is 37.3 Å². The van der Waals surface area contributed by atoms with Gasteiger partial charge in [-0.1, -0.05) is 12.1 Å². The van der Waals surface area contributed by atoms with Crippen molar-refractivity contribution < 1.29 is 33.6 Å². The van der Waals surface area contributed by atoms with E-state index in [1.807, 2.05) is 12.1 Å². The third-order valence-electron chi connectivity index (χ3n) is 9.81. The van der Waals surface area contributed by atoms with Gasteiger partial charge in [0.15, 0.2) is 5.60 Å². The highest BCUT2D eigenvalue weighted by Gasteiger charge is 2.89. The van der Waals surface area contributed by atoms with E-state index in [-0.39, 0.29) is 17.1 Å². The summed E-state index contributed by atoms with van der Waals surface area (Å²) in [5.41, 5.74) is -3.51. The summed E-state index contributed by atoms with van der Waals surface area (Å²) >= 11 is 0. The fraction of sp³-hybridized carbons (Fsp3) is 0.667. The molecule has 6 atom stereocenters. The molecule has 178 valence electrons. The molecule has 5 fully saturated rings. The number of nitrogens with zero attached hydrogens (tertiary/aromatic N) is 2.